The third-order valence-corrected chi connectivity index (χ3v) is 5.31. The van der Waals surface area contributed by atoms with E-state index in [4.69, 9.17) is 4.74 Å². The predicted molar refractivity (Wildman–Crippen MR) is 101 cm³/mol. The fourth-order valence-corrected chi connectivity index (χ4v) is 3.73. The van der Waals surface area contributed by atoms with Crippen LogP contribution in [0.1, 0.15) is 42.4 Å². The Hall–Kier alpha value is -2.69. The van der Waals surface area contributed by atoms with E-state index in [1.165, 1.54) is 6.07 Å². The molecule has 0 aliphatic heterocycles. The van der Waals surface area contributed by atoms with Gasteiger partial charge in [0.05, 0.1) is 5.41 Å². The molecule has 3 rings (SSSR count). The normalized spacial score (nSPS) is 15.3. The standard InChI is InChI=1S/C22H24FNO3/c1-16-8-2-3-9-17(16)14-24-20(25)15-27-21(26)22(12-6-7-13-22)18-10-4-5-11-19(18)23/h2-5,8-11H,6-7,12-15H2,1H3,(H,24,25). The Balaban J connectivity index is 1.61. The minimum Gasteiger partial charge on any atom is -0.455 e. The number of hydrogen-bond donors (Lipinski definition) is 1. The first-order valence-corrected chi connectivity index (χ1v) is 9.26. The molecule has 1 saturated carbocycles. The molecule has 0 saturated heterocycles. The maximum absolute atomic E-state index is 14.3. The zero-order valence-corrected chi connectivity index (χ0v) is 15.5. The minimum absolute atomic E-state index is 0.360. The van der Waals surface area contributed by atoms with Crippen molar-refractivity contribution in [3.05, 3.63) is 71.0 Å². The average Bonchev–Trinajstić information content (AvgIpc) is 3.16. The van der Waals surface area contributed by atoms with Crippen LogP contribution in [0.4, 0.5) is 4.39 Å². The summed E-state index contributed by atoms with van der Waals surface area (Å²) in [5.74, 6) is -1.29. The number of esters is 1. The van der Waals surface area contributed by atoms with Gasteiger partial charge in [0.25, 0.3) is 5.91 Å². The van der Waals surface area contributed by atoms with Crippen molar-refractivity contribution < 1.29 is 18.7 Å². The largest absolute Gasteiger partial charge is 0.455 e. The highest BCUT2D eigenvalue weighted by Gasteiger charge is 2.45. The molecule has 1 aliphatic carbocycles. The van der Waals surface area contributed by atoms with E-state index < -0.39 is 17.2 Å². The van der Waals surface area contributed by atoms with E-state index in [0.29, 0.717) is 24.9 Å². The van der Waals surface area contributed by atoms with Crippen molar-refractivity contribution in [2.75, 3.05) is 6.61 Å². The van der Waals surface area contributed by atoms with Crippen LogP contribution in [0.25, 0.3) is 0 Å². The third kappa shape index (κ3) is 4.18. The molecule has 4 nitrogen and oxygen atoms in total. The Labute approximate surface area is 158 Å². The second-order valence-corrected chi connectivity index (χ2v) is 7.05. The van der Waals surface area contributed by atoms with Gasteiger partial charge in [0.1, 0.15) is 5.82 Å². The fraction of sp³-hybridized carbons (Fsp3) is 0.364. The SMILES string of the molecule is Cc1ccccc1CNC(=O)COC(=O)C1(c2ccccc2F)CCCC1. The zero-order chi connectivity index (χ0) is 19.3. The number of ether oxygens (including phenoxy) is 1. The van der Waals surface area contributed by atoms with Gasteiger partial charge < -0.3 is 10.1 Å². The number of nitrogens with one attached hydrogen (secondary N) is 1. The summed E-state index contributed by atoms with van der Waals surface area (Å²) in [5, 5.41) is 2.76. The summed E-state index contributed by atoms with van der Waals surface area (Å²) in [6, 6.07) is 14.1. The quantitative estimate of drug-likeness (QED) is 0.788. The van der Waals surface area contributed by atoms with Crippen molar-refractivity contribution in [1.29, 1.82) is 0 Å². The van der Waals surface area contributed by atoms with E-state index in [-0.39, 0.29) is 12.5 Å². The van der Waals surface area contributed by atoms with E-state index in [1.807, 2.05) is 31.2 Å². The van der Waals surface area contributed by atoms with Gasteiger partial charge in [0, 0.05) is 12.1 Å². The number of rotatable bonds is 6. The Kier molecular flexibility index (Phi) is 5.89. The predicted octanol–water partition coefficient (Wildman–Crippen LogP) is 3.81. The zero-order valence-electron chi connectivity index (χ0n) is 15.5. The Morgan fingerprint density at radius 2 is 1.74 bits per heavy atom. The summed E-state index contributed by atoms with van der Waals surface area (Å²) in [7, 11) is 0. The smallest absolute Gasteiger partial charge is 0.317 e. The highest BCUT2D eigenvalue weighted by Crippen LogP contribution is 2.43. The number of carbonyl (C=O) groups excluding carboxylic acids is 2. The molecule has 0 radical (unpaired) electrons. The van der Waals surface area contributed by atoms with Gasteiger partial charge in [-0.1, -0.05) is 55.3 Å². The van der Waals surface area contributed by atoms with Gasteiger partial charge in [-0.2, -0.15) is 0 Å². The molecule has 5 heteroatoms. The van der Waals surface area contributed by atoms with E-state index in [2.05, 4.69) is 5.32 Å². The van der Waals surface area contributed by atoms with Crippen molar-refractivity contribution >= 4 is 11.9 Å². The molecule has 1 fully saturated rings. The number of hydrogen-bond acceptors (Lipinski definition) is 3. The monoisotopic (exact) mass is 369 g/mol. The average molecular weight is 369 g/mol. The van der Waals surface area contributed by atoms with Crippen LogP contribution in [-0.2, 0) is 26.3 Å². The van der Waals surface area contributed by atoms with Crippen molar-refractivity contribution in [1.82, 2.24) is 5.32 Å². The van der Waals surface area contributed by atoms with Gasteiger partial charge >= 0.3 is 5.97 Å². The molecule has 0 atom stereocenters. The summed E-state index contributed by atoms with van der Waals surface area (Å²) in [6.07, 6.45) is 2.75. The van der Waals surface area contributed by atoms with E-state index >= 15 is 0 Å². The van der Waals surface area contributed by atoms with Crippen molar-refractivity contribution in [3.8, 4) is 0 Å². The molecule has 1 amide bonds. The summed E-state index contributed by atoms with van der Waals surface area (Å²) < 4.78 is 19.6. The molecular weight excluding hydrogens is 345 g/mol. The van der Waals surface area contributed by atoms with E-state index in [1.54, 1.807) is 18.2 Å². The van der Waals surface area contributed by atoms with Crippen LogP contribution in [0.2, 0.25) is 0 Å². The van der Waals surface area contributed by atoms with Crippen LogP contribution >= 0.6 is 0 Å². The maximum atomic E-state index is 14.3. The molecule has 1 N–H and O–H groups in total. The van der Waals surface area contributed by atoms with Crippen LogP contribution in [0.3, 0.4) is 0 Å². The van der Waals surface area contributed by atoms with Gasteiger partial charge in [-0.3, -0.25) is 9.59 Å². The molecule has 142 valence electrons. The number of carbonyl (C=O) groups is 2. The van der Waals surface area contributed by atoms with Crippen LogP contribution < -0.4 is 5.32 Å². The fourth-order valence-electron chi connectivity index (χ4n) is 3.73. The van der Waals surface area contributed by atoms with Gasteiger partial charge in [-0.05, 0) is 37.0 Å². The number of benzene rings is 2. The Bertz CT molecular complexity index is 828. The molecular formula is C22H24FNO3. The van der Waals surface area contributed by atoms with E-state index in [9.17, 15) is 14.0 Å². The second kappa shape index (κ2) is 8.33. The first-order chi connectivity index (χ1) is 13.0. The van der Waals surface area contributed by atoms with Crippen molar-refractivity contribution in [3.63, 3.8) is 0 Å². The lowest BCUT2D eigenvalue weighted by molar-refractivity contribution is -0.154. The summed E-state index contributed by atoms with van der Waals surface area (Å²) in [6.45, 7) is 1.99. The van der Waals surface area contributed by atoms with Crippen molar-refractivity contribution in [2.24, 2.45) is 0 Å². The number of aryl methyl sites for hydroxylation is 1. The lowest BCUT2D eigenvalue weighted by Crippen LogP contribution is -2.38. The molecule has 0 aromatic heterocycles. The molecule has 2 aromatic rings. The second-order valence-electron chi connectivity index (χ2n) is 7.05. The molecule has 0 bridgehead atoms. The lowest BCUT2D eigenvalue weighted by Gasteiger charge is -2.27. The van der Waals surface area contributed by atoms with E-state index in [0.717, 1.165) is 24.0 Å². The minimum atomic E-state index is -0.984. The maximum Gasteiger partial charge on any atom is 0.317 e. The summed E-state index contributed by atoms with van der Waals surface area (Å²) >= 11 is 0. The van der Waals surface area contributed by atoms with Gasteiger partial charge in [0.15, 0.2) is 6.61 Å². The summed E-state index contributed by atoms with van der Waals surface area (Å²) in [4.78, 5) is 24.9. The van der Waals surface area contributed by atoms with Crippen LogP contribution in [0.5, 0.6) is 0 Å². The van der Waals surface area contributed by atoms with Crippen LogP contribution in [-0.4, -0.2) is 18.5 Å². The first-order valence-electron chi connectivity index (χ1n) is 9.26. The molecule has 0 spiro atoms. The molecule has 27 heavy (non-hydrogen) atoms. The summed E-state index contributed by atoms with van der Waals surface area (Å²) in [5.41, 5.74) is 1.48. The van der Waals surface area contributed by atoms with Gasteiger partial charge in [0.2, 0.25) is 0 Å². The highest BCUT2D eigenvalue weighted by atomic mass is 19.1. The topological polar surface area (TPSA) is 55.4 Å². The van der Waals surface area contributed by atoms with Crippen LogP contribution in [0.15, 0.2) is 48.5 Å². The first kappa shape index (κ1) is 19.1. The Morgan fingerprint density at radius 3 is 2.44 bits per heavy atom. The highest BCUT2D eigenvalue weighted by molar-refractivity contribution is 5.86. The molecule has 1 aliphatic rings. The number of halogens is 1. The number of amides is 1. The molecule has 0 unspecified atom stereocenters. The third-order valence-electron chi connectivity index (χ3n) is 5.31. The van der Waals surface area contributed by atoms with Gasteiger partial charge in [-0.25, -0.2) is 4.39 Å². The lowest BCUT2D eigenvalue weighted by atomic mass is 9.78. The molecule has 2 aromatic carbocycles. The molecule has 0 heterocycles. The Morgan fingerprint density at radius 1 is 1.07 bits per heavy atom. The van der Waals surface area contributed by atoms with Crippen molar-refractivity contribution in [2.45, 2.75) is 44.6 Å². The van der Waals surface area contributed by atoms with Crippen LogP contribution in [0, 0.1) is 12.7 Å². The van der Waals surface area contributed by atoms with Gasteiger partial charge in [-0.15, -0.1) is 0 Å².